The number of amides is 1. The monoisotopic (exact) mass is 505 g/mol. The lowest BCUT2D eigenvalue weighted by molar-refractivity contribution is -0.128. The highest BCUT2D eigenvalue weighted by atomic mass is 35.5. The van der Waals surface area contributed by atoms with Crippen molar-refractivity contribution in [2.24, 2.45) is 5.92 Å². The van der Waals surface area contributed by atoms with Crippen molar-refractivity contribution in [3.8, 4) is 0 Å². The van der Waals surface area contributed by atoms with E-state index in [2.05, 4.69) is 40.3 Å². The molecule has 0 radical (unpaired) electrons. The van der Waals surface area contributed by atoms with Crippen molar-refractivity contribution >= 4 is 34.5 Å². The molecular formula is C30H36ClN3O2. The maximum atomic E-state index is 12.7. The molecule has 2 saturated heterocycles. The molecule has 1 unspecified atom stereocenters. The summed E-state index contributed by atoms with van der Waals surface area (Å²) in [5.74, 6) is 0.854. The van der Waals surface area contributed by atoms with Crippen molar-refractivity contribution < 1.29 is 9.90 Å². The summed E-state index contributed by atoms with van der Waals surface area (Å²) in [6, 6.07) is 14.3. The van der Waals surface area contributed by atoms with Crippen LogP contribution in [-0.4, -0.2) is 64.6 Å². The number of aryl methyl sites for hydroxylation is 1. The minimum absolute atomic E-state index is 0.0268. The molecule has 3 heterocycles. The van der Waals surface area contributed by atoms with E-state index in [0.29, 0.717) is 24.0 Å². The summed E-state index contributed by atoms with van der Waals surface area (Å²) in [6.07, 6.45) is 9.26. The van der Waals surface area contributed by atoms with Crippen molar-refractivity contribution in [2.75, 3.05) is 32.7 Å². The number of β-amino-alcohol motifs (C(OH)–C–C–N with tert-alkyl or cyclic N) is 1. The number of nitrogens with zero attached hydrogens (tertiary/aromatic N) is 2. The average molecular weight is 506 g/mol. The number of aliphatic hydroxyl groups is 1. The summed E-state index contributed by atoms with van der Waals surface area (Å²) in [6.45, 7) is 6.13. The van der Waals surface area contributed by atoms with Gasteiger partial charge in [-0.3, -0.25) is 4.79 Å². The van der Waals surface area contributed by atoms with E-state index in [9.17, 15) is 9.90 Å². The lowest BCUT2D eigenvalue weighted by Crippen LogP contribution is -2.45. The SMILES string of the molecule is Cc1ccc(/C=C/C(=O)N2CCC(C(O)CN3CCC(c4c[nH]c5ccccc45)CC3)CC2)cc1Cl. The second kappa shape index (κ2) is 11.2. The molecule has 2 aliphatic rings. The summed E-state index contributed by atoms with van der Waals surface area (Å²) in [4.78, 5) is 20.4. The number of carbonyl (C=O) groups excluding carboxylic acids is 1. The van der Waals surface area contributed by atoms with Gasteiger partial charge in [-0.25, -0.2) is 0 Å². The molecule has 1 amide bonds. The Bertz CT molecular complexity index is 1220. The highest BCUT2D eigenvalue weighted by Gasteiger charge is 2.30. The van der Waals surface area contributed by atoms with Crippen molar-refractivity contribution in [1.82, 2.24) is 14.8 Å². The smallest absolute Gasteiger partial charge is 0.246 e. The molecule has 0 aliphatic carbocycles. The molecule has 5 rings (SSSR count). The fourth-order valence-electron chi connectivity index (χ4n) is 5.76. The molecule has 1 atom stereocenters. The summed E-state index contributed by atoms with van der Waals surface area (Å²) < 4.78 is 0. The summed E-state index contributed by atoms with van der Waals surface area (Å²) in [7, 11) is 0. The van der Waals surface area contributed by atoms with Crippen LogP contribution in [0.4, 0.5) is 0 Å². The maximum absolute atomic E-state index is 12.7. The Morgan fingerprint density at radius 3 is 2.61 bits per heavy atom. The fourth-order valence-corrected chi connectivity index (χ4v) is 5.95. The number of aliphatic hydroxyl groups excluding tert-OH is 1. The zero-order valence-corrected chi connectivity index (χ0v) is 21.8. The first-order valence-electron chi connectivity index (χ1n) is 13.2. The van der Waals surface area contributed by atoms with E-state index in [1.807, 2.05) is 36.1 Å². The van der Waals surface area contributed by atoms with Gasteiger partial charge in [-0.2, -0.15) is 0 Å². The van der Waals surface area contributed by atoms with E-state index < -0.39 is 0 Å². The van der Waals surface area contributed by atoms with Crippen molar-refractivity contribution in [3.05, 3.63) is 76.5 Å². The van der Waals surface area contributed by atoms with E-state index >= 15 is 0 Å². The predicted octanol–water partition coefficient (Wildman–Crippen LogP) is 5.62. The highest BCUT2D eigenvalue weighted by molar-refractivity contribution is 6.31. The molecule has 0 saturated carbocycles. The number of benzene rings is 2. The third-order valence-corrected chi connectivity index (χ3v) is 8.51. The molecule has 190 valence electrons. The van der Waals surface area contributed by atoms with Gasteiger partial charge in [-0.05, 0) is 92.4 Å². The van der Waals surface area contributed by atoms with Gasteiger partial charge in [0.2, 0.25) is 5.91 Å². The van der Waals surface area contributed by atoms with Crippen LogP contribution in [0.25, 0.3) is 17.0 Å². The number of nitrogens with one attached hydrogen (secondary N) is 1. The zero-order valence-electron chi connectivity index (χ0n) is 21.0. The highest BCUT2D eigenvalue weighted by Crippen LogP contribution is 2.33. The van der Waals surface area contributed by atoms with Crippen molar-refractivity contribution in [3.63, 3.8) is 0 Å². The number of para-hydroxylation sites is 1. The Labute approximate surface area is 218 Å². The Balaban J connectivity index is 1.06. The topological polar surface area (TPSA) is 59.6 Å². The van der Waals surface area contributed by atoms with Crippen LogP contribution in [0, 0.1) is 12.8 Å². The molecule has 2 aliphatic heterocycles. The number of aromatic nitrogens is 1. The third-order valence-electron chi connectivity index (χ3n) is 8.10. The molecule has 2 N–H and O–H groups in total. The van der Waals surface area contributed by atoms with E-state index in [-0.39, 0.29) is 17.9 Å². The van der Waals surface area contributed by atoms with Crippen LogP contribution in [0.5, 0.6) is 0 Å². The lowest BCUT2D eigenvalue weighted by atomic mass is 9.87. The van der Waals surface area contributed by atoms with Crippen LogP contribution < -0.4 is 0 Å². The fraction of sp³-hybridized carbons (Fsp3) is 0.433. The van der Waals surface area contributed by atoms with Gasteiger partial charge >= 0.3 is 0 Å². The predicted molar refractivity (Wildman–Crippen MR) is 147 cm³/mol. The number of likely N-dealkylation sites (tertiary alicyclic amines) is 2. The number of piperidine rings is 2. The Hall–Kier alpha value is -2.60. The number of aromatic amines is 1. The molecule has 2 aromatic carbocycles. The summed E-state index contributed by atoms with van der Waals surface area (Å²) >= 11 is 6.19. The van der Waals surface area contributed by atoms with Crippen molar-refractivity contribution in [2.45, 2.75) is 44.6 Å². The molecule has 0 bridgehead atoms. The molecule has 3 aromatic rings. The molecule has 1 aromatic heterocycles. The van der Waals surface area contributed by atoms with E-state index in [1.165, 1.54) is 16.5 Å². The summed E-state index contributed by atoms with van der Waals surface area (Å²) in [5.41, 5.74) is 4.60. The Morgan fingerprint density at radius 1 is 1.11 bits per heavy atom. The average Bonchev–Trinajstić information content (AvgIpc) is 3.34. The van der Waals surface area contributed by atoms with E-state index in [1.54, 1.807) is 6.08 Å². The summed E-state index contributed by atoms with van der Waals surface area (Å²) in [5, 5.41) is 13.0. The van der Waals surface area contributed by atoms with Crippen LogP contribution in [0.15, 0.2) is 54.7 Å². The molecule has 36 heavy (non-hydrogen) atoms. The number of H-pyrrole nitrogens is 1. The van der Waals surface area contributed by atoms with Crippen LogP contribution in [0.2, 0.25) is 5.02 Å². The lowest BCUT2D eigenvalue weighted by Gasteiger charge is -2.37. The standard InChI is InChI=1S/C30H36ClN3O2/c1-21-6-7-22(18-27(21)31)8-9-30(36)34-16-12-24(13-17-34)29(35)20-33-14-10-23(11-15-33)26-19-32-28-5-3-2-4-25(26)28/h2-9,18-19,23-24,29,32,35H,10-17,20H2,1H3/b9-8+. The largest absolute Gasteiger partial charge is 0.392 e. The minimum Gasteiger partial charge on any atom is -0.392 e. The number of fused-ring (bicyclic) bond motifs is 1. The number of carbonyl (C=O) groups is 1. The van der Waals surface area contributed by atoms with Crippen LogP contribution in [-0.2, 0) is 4.79 Å². The van der Waals surface area contributed by atoms with Gasteiger partial charge in [-0.15, -0.1) is 0 Å². The van der Waals surface area contributed by atoms with E-state index in [0.717, 1.165) is 56.4 Å². The van der Waals surface area contributed by atoms with Crippen LogP contribution in [0.3, 0.4) is 0 Å². The Morgan fingerprint density at radius 2 is 1.86 bits per heavy atom. The Kier molecular flexibility index (Phi) is 7.80. The van der Waals surface area contributed by atoms with Gasteiger partial charge in [0.1, 0.15) is 0 Å². The third kappa shape index (κ3) is 5.69. The molecule has 5 nitrogen and oxygen atoms in total. The molecule has 6 heteroatoms. The van der Waals surface area contributed by atoms with Crippen LogP contribution in [0.1, 0.15) is 48.3 Å². The van der Waals surface area contributed by atoms with Gasteiger partial charge in [0.05, 0.1) is 6.10 Å². The first-order chi connectivity index (χ1) is 17.5. The van der Waals surface area contributed by atoms with Gasteiger partial charge in [0.15, 0.2) is 0 Å². The van der Waals surface area contributed by atoms with Gasteiger partial charge in [-0.1, -0.05) is 41.9 Å². The second-order valence-corrected chi connectivity index (χ2v) is 10.8. The molecule has 2 fully saturated rings. The van der Waals surface area contributed by atoms with Crippen LogP contribution >= 0.6 is 11.6 Å². The number of rotatable bonds is 6. The molecule has 0 spiro atoms. The first-order valence-corrected chi connectivity index (χ1v) is 13.6. The maximum Gasteiger partial charge on any atom is 0.246 e. The normalized spacial score (nSPS) is 19.4. The zero-order chi connectivity index (χ0) is 25.1. The molecular weight excluding hydrogens is 470 g/mol. The van der Waals surface area contributed by atoms with Gasteiger partial charge < -0.3 is 19.9 Å². The van der Waals surface area contributed by atoms with E-state index in [4.69, 9.17) is 11.6 Å². The minimum atomic E-state index is -0.336. The first kappa shape index (κ1) is 25.1. The number of hydrogen-bond donors (Lipinski definition) is 2. The van der Waals surface area contributed by atoms with Gasteiger partial charge in [0, 0.05) is 47.8 Å². The number of hydrogen-bond acceptors (Lipinski definition) is 3. The second-order valence-electron chi connectivity index (χ2n) is 10.4. The quantitative estimate of drug-likeness (QED) is 0.427. The number of halogens is 1. The van der Waals surface area contributed by atoms with Gasteiger partial charge in [0.25, 0.3) is 0 Å². The van der Waals surface area contributed by atoms with Crippen molar-refractivity contribution in [1.29, 1.82) is 0 Å².